The largest absolute Gasteiger partial charge is 0.241 e. The predicted molar refractivity (Wildman–Crippen MR) is 25.7 cm³/mol. The van der Waals surface area contributed by atoms with Gasteiger partial charge in [0.2, 0.25) is 0 Å². The molecule has 6 N–H and O–H groups in total. The minimum atomic E-state index is 0.500. The second-order valence-electron chi connectivity index (χ2n) is 0.447. The van der Waals surface area contributed by atoms with Gasteiger partial charge in [-0.25, -0.2) is 17.5 Å². The zero-order chi connectivity index (χ0) is 5.58. The third-order valence-corrected chi connectivity index (χ3v) is 0. The van der Waals surface area contributed by atoms with E-state index in [-0.39, 0.29) is 0 Å². The van der Waals surface area contributed by atoms with Crippen LogP contribution in [-0.4, -0.2) is 5.23 Å². The molecule has 0 aromatic rings. The molecule has 0 fully saturated rings. The number of hydrogen-bond acceptors (Lipinski definition) is 4. The molecule has 0 atom stereocenters. The standard InChI is InChI=1S/C2H4.H6N4/c1-2;1-4(2)3/h1-2H2;1-3H2. The van der Waals surface area contributed by atoms with E-state index in [0.29, 0.717) is 5.23 Å². The lowest BCUT2D eigenvalue weighted by atomic mass is 11.3. The van der Waals surface area contributed by atoms with Crippen molar-refractivity contribution in [2.75, 3.05) is 0 Å². The fraction of sp³-hybridized carbons (Fsp3) is 0. The van der Waals surface area contributed by atoms with Crippen molar-refractivity contribution in [1.82, 2.24) is 5.23 Å². The monoisotopic (exact) mass is 90.1 g/mol. The van der Waals surface area contributed by atoms with Crippen LogP contribution in [0.5, 0.6) is 0 Å². The van der Waals surface area contributed by atoms with Crippen molar-refractivity contribution >= 4 is 0 Å². The summed E-state index contributed by atoms with van der Waals surface area (Å²) < 4.78 is 0. The molecule has 0 amide bonds. The summed E-state index contributed by atoms with van der Waals surface area (Å²) in [4.78, 5) is 0. The predicted octanol–water partition coefficient (Wildman–Crippen LogP) is -1.29. The maximum absolute atomic E-state index is 4.50. The summed E-state index contributed by atoms with van der Waals surface area (Å²) >= 11 is 0. The molecule has 38 valence electrons. The molecule has 0 aliphatic carbocycles. The van der Waals surface area contributed by atoms with Crippen LogP contribution in [0, 0.1) is 0 Å². The Morgan fingerprint density at radius 3 is 1.00 bits per heavy atom. The molecular formula is C2H10N4. The molecule has 0 rings (SSSR count). The van der Waals surface area contributed by atoms with Gasteiger partial charge in [-0.15, -0.1) is 18.4 Å². The summed E-state index contributed by atoms with van der Waals surface area (Å²) in [5, 5.41) is 0.500. The van der Waals surface area contributed by atoms with E-state index in [9.17, 15) is 0 Å². The SMILES string of the molecule is C=C.NN(N)N. The van der Waals surface area contributed by atoms with Gasteiger partial charge in [0.1, 0.15) is 0 Å². The lowest BCUT2D eigenvalue weighted by molar-refractivity contribution is 0.306. The molecule has 0 saturated carbocycles. The third kappa shape index (κ3) is 135. The molecular weight excluding hydrogens is 80.0 g/mol. The Balaban J connectivity index is 0. The molecule has 0 radical (unpaired) electrons. The maximum Gasteiger partial charge on any atom is -0.106 e. The highest BCUT2D eigenvalue weighted by molar-refractivity contribution is 4.22. The van der Waals surface area contributed by atoms with Crippen LogP contribution in [0.25, 0.3) is 0 Å². The van der Waals surface area contributed by atoms with E-state index < -0.39 is 0 Å². The Labute approximate surface area is 37.1 Å². The highest BCUT2D eigenvalue weighted by Gasteiger charge is 1.55. The third-order valence-electron chi connectivity index (χ3n) is 0. The first-order valence-corrected chi connectivity index (χ1v) is 1.27. The minimum absolute atomic E-state index is 0.500. The Kier molecular flexibility index (Phi) is 13.4. The molecule has 4 heteroatoms. The topological polar surface area (TPSA) is 81.3 Å². The summed E-state index contributed by atoms with van der Waals surface area (Å²) in [6.45, 7) is 6.00. The van der Waals surface area contributed by atoms with E-state index in [1.807, 2.05) is 0 Å². The van der Waals surface area contributed by atoms with Gasteiger partial charge in [-0.1, -0.05) is 0 Å². The van der Waals surface area contributed by atoms with Crippen molar-refractivity contribution in [3.63, 3.8) is 0 Å². The molecule has 0 aromatic heterocycles. The van der Waals surface area contributed by atoms with Crippen LogP contribution in [0.15, 0.2) is 13.2 Å². The summed E-state index contributed by atoms with van der Waals surface area (Å²) in [5.74, 6) is 13.5. The molecule has 0 aliphatic rings. The number of rotatable bonds is 0. The van der Waals surface area contributed by atoms with Crippen molar-refractivity contribution in [1.29, 1.82) is 0 Å². The molecule has 0 heterocycles. The van der Waals surface area contributed by atoms with Crippen LogP contribution >= 0.6 is 0 Å². The smallest absolute Gasteiger partial charge is 0.106 e. The molecule has 4 nitrogen and oxygen atoms in total. The first-order chi connectivity index (χ1) is 2.73. The number of hydrogen-bond donors (Lipinski definition) is 3. The second-order valence-corrected chi connectivity index (χ2v) is 0.447. The zero-order valence-corrected chi connectivity index (χ0v) is 3.59. The van der Waals surface area contributed by atoms with Gasteiger partial charge in [0.15, 0.2) is 0 Å². The van der Waals surface area contributed by atoms with Crippen LogP contribution in [0.3, 0.4) is 0 Å². The van der Waals surface area contributed by atoms with Crippen LogP contribution in [0.2, 0.25) is 0 Å². The lowest BCUT2D eigenvalue weighted by Gasteiger charge is -1.91. The molecule has 0 aromatic carbocycles. The Hall–Kier alpha value is -0.420. The Bertz CT molecular complexity index is 16.8. The highest BCUT2D eigenvalue weighted by Crippen LogP contribution is 1.10. The van der Waals surface area contributed by atoms with E-state index in [2.05, 4.69) is 30.7 Å². The lowest BCUT2D eigenvalue weighted by Crippen LogP contribution is -2.43. The van der Waals surface area contributed by atoms with E-state index in [4.69, 9.17) is 0 Å². The van der Waals surface area contributed by atoms with Crippen LogP contribution in [0.4, 0.5) is 0 Å². The quantitative estimate of drug-likeness (QED) is 0.196. The number of nitrogens with zero attached hydrogens (tertiary/aromatic N) is 1. The van der Waals surface area contributed by atoms with Gasteiger partial charge >= 0.3 is 0 Å². The van der Waals surface area contributed by atoms with Crippen molar-refractivity contribution in [2.45, 2.75) is 0 Å². The van der Waals surface area contributed by atoms with E-state index in [1.54, 1.807) is 0 Å². The van der Waals surface area contributed by atoms with E-state index in [0.717, 1.165) is 0 Å². The van der Waals surface area contributed by atoms with Crippen LogP contribution < -0.4 is 17.5 Å². The Morgan fingerprint density at radius 2 is 1.00 bits per heavy atom. The molecule has 0 aliphatic heterocycles. The second kappa shape index (κ2) is 8.82. The fourth-order valence-electron chi connectivity index (χ4n) is 0. The van der Waals surface area contributed by atoms with Gasteiger partial charge in [-0.05, 0) is 0 Å². The number of nitrogens with two attached hydrogens (primary N) is 3. The van der Waals surface area contributed by atoms with Crippen LogP contribution in [0.1, 0.15) is 0 Å². The summed E-state index contributed by atoms with van der Waals surface area (Å²) in [6.07, 6.45) is 0. The summed E-state index contributed by atoms with van der Waals surface area (Å²) in [6, 6.07) is 0. The highest BCUT2D eigenvalue weighted by atomic mass is 15.7. The molecule has 0 bridgehead atoms. The van der Waals surface area contributed by atoms with Gasteiger partial charge in [0.05, 0.1) is 0 Å². The Morgan fingerprint density at radius 1 is 1.00 bits per heavy atom. The van der Waals surface area contributed by atoms with Gasteiger partial charge in [0, 0.05) is 0 Å². The normalized spacial score (nSPS) is 6.67. The maximum atomic E-state index is 4.50. The van der Waals surface area contributed by atoms with Crippen molar-refractivity contribution in [2.24, 2.45) is 17.5 Å². The molecule has 6 heavy (non-hydrogen) atoms. The van der Waals surface area contributed by atoms with E-state index >= 15 is 0 Å². The van der Waals surface area contributed by atoms with Crippen molar-refractivity contribution < 1.29 is 0 Å². The minimum Gasteiger partial charge on any atom is -0.241 e. The average Bonchev–Trinajstić information content (AvgIpc) is 1.41. The van der Waals surface area contributed by atoms with Gasteiger partial charge in [0.25, 0.3) is 0 Å². The zero-order valence-electron chi connectivity index (χ0n) is 3.59. The summed E-state index contributed by atoms with van der Waals surface area (Å²) in [7, 11) is 0. The first-order valence-electron chi connectivity index (χ1n) is 1.27. The first kappa shape index (κ1) is 9.13. The fourth-order valence-corrected chi connectivity index (χ4v) is 0. The van der Waals surface area contributed by atoms with Gasteiger partial charge in [-0.3, -0.25) is 0 Å². The summed E-state index contributed by atoms with van der Waals surface area (Å²) in [5.41, 5.74) is 0. The van der Waals surface area contributed by atoms with E-state index in [1.165, 1.54) is 0 Å². The van der Waals surface area contributed by atoms with Gasteiger partial charge < -0.3 is 0 Å². The van der Waals surface area contributed by atoms with Crippen LogP contribution in [-0.2, 0) is 0 Å². The van der Waals surface area contributed by atoms with Crippen molar-refractivity contribution in [3.05, 3.63) is 13.2 Å². The molecule has 0 spiro atoms. The van der Waals surface area contributed by atoms with Crippen molar-refractivity contribution in [3.8, 4) is 0 Å². The molecule has 0 saturated heterocycles. The molecule has 0 unspecified atom stereocenters. The average molecular weight is 90.1 g/mol. The van der Waals surface area contributed by atoms with Gasteiger partial charge in [-0.2, -0.15) is 0 Å². The number of hydrazine groups is 3.